The minimum atomic E-state index is 0.875. The van der Waals surface area contributed by atoms with Crippen LogP contribution in [0.2, 0.25) is 0 Å². The lowest BCUT2D eigenvalue weighted by molar-refractivity contribution is 0.288. The van der Waals surface area contributed by atoms with Gasteiger partial charge in [-0.15, -0.1) is 0 Å². The molecule has 0 radical (unpaired) electrons. The number of hydrogen-bond acceptors (Lipinski definition) is 3. The standard InChI is InChI=1S/C16H26N2O/c1-3-17-9-11-18(2)10-8-14-6-7-16-15(13-14)5-4-12-19-16/h6-7,13,17H,3-5,8-12H2,1-2H3. The molecule has 0 amide bonds. The monoisotopic (exact) mass is 262 g/mol. The number of aryl methyl sites for hydroxylation is 1. The SMILES string of the molecule is CCNCCN(C)CCc1ccc2c(c1)CCCO2. The molecule has 0 spiro atoms. The lowest BCUT2D eigenvalue weighted by Gasteiger charge is -2.19. The third kappa shape index (κ3) is 4.51. The average molecular weight is 262 g/mol. The van der Waals surface area contributed by atoms with Crippen LogP contribution < -0.4 is 10.1 Å². The van der Waals surface area contributed by atoms with E-state index in [4.69, 9.17) is 4.74 Å². The largest absolute Gasteiger partial charge is 0.493 e. The topological polar surface area (TPSA) is 24.5 Å². The van der Waals surface area contributed by atoms with E-state index in [0.717, 1.165) is 51.4 Å². The van der Waals surface area contributed by atoms with Crippen LogP contribution in [0.3, 0.4) is 0 Å². The predicted octanol–water partition coefficient (Wildman–Crippen LogP) is 2.10. The summed E-state index contributed by atoms with van der Waals surface area (Å²) in [6.45, 7) is 7.38. The van der Waals surface area contributed by atoms with E-state index < -0.39 is 0 Å². The van der Waals surface area contributed by atoms with Crippen molar-refractivity contribution in [1.29, 1.82) is 0 Å². The number of ether oxygens (including phenoxy) is 1. The van der Waals surface area contributed by atoms with Gasteiger partial charge in [-0.2, -0.15) is 0 Å². The number of likely N-dealkylation sites (N-methyl/N-ethyl adjacent to an activating group) is 2. The van der Waals surface area contributed by atoms with Crippen molar-refractivity contribution in [1.82, 2.24) is 10.2 Å². The Labute approximate surface area is 116 Å². The highest BCUT2D eigenvalue weighted by Gasteiger charge is 2.10. The molecule has 3 nitrogen and oxygen atoms in total. The number of benzene rings is 1. The van der Waals surface area contributed by atoms with Crippen LogP contribution in [0, 0.1) is 0 Å². The maximum absolute atomic E-state index is 5.65. The van der Waals surface area contributed by atoms with Gasteiger partial charge in [-0.3, -0.25) is 0 Å². The first-order valence-electron chi connectivity index (χ1n) is 7.43. The second-order valence-corrected chi connectivity index (χ2v) is 5.30. The molecule has 0 bridgehead atoms. The van der Waals surface area contributed by atoms with Crippen molar-refractivity contribution in [2.75, 3.05) is 39.8 Å². The van der Waals surface area contributed by atoms with Crippen molar-refractivity contribution in [3.05, 3.63) is 29.3 Å². The molecule has 19 heavy (non-hydrogen) atoms. The molecule has 0 aliphatic carbocycles. The van der Waals surface area contributed by atoms with Gasteiger partial charge in [0.1, 0.15) is 5.75 Å². The Kier molecular flexibility index (Phi) is 5.67. The van der Waals surface area contributed by atoms with Crippen LogP contribution in [-0.2, 0) is 12.8 Å². The fourth-order valence-corrected chi connectivity index (χ4v) is 2.45. The Bertz CT molecular complexity index is 392. The molecular weight excluding hydrogens is 236 g/mol. The van der Waals surface area contributed by atoms with Gasteiger partial charge in [-0.05, 0) is 50.0 Å². The first kappa shape index (κ1) is 14.4. The van der Waals surface area contributed by atoms with Gasteiger partial charge in [0.2, 0.25) is 0 Å². The van der Waals surface area contributed by atoms with Crippen molar-refractivity contribution < 1.29 is 4.74 Å². The Balaban J connectivity index is 1.79. The summed E-state index contributed by atoms with van der Waals surface area (Å²) in [7, 11) is 2.19. The number of fused-ring (bicyclic) bond motifs is 1. The van der Waals surface area contributed by atoms with Crippen LogP contribution in [0.25, 0.3) is 0 Å². The molecule has 1 heterocycles. The summed E-state index contributed by atoms with van der Waals surface area (Å²) in [5, 5.41) is 3.36. The van der Waals surface area contributed by atoms with Crippen LogP contribution in [0.4, 0.5) is 0 Å². The minimum Gasteiger partial charge on any atom is -0.493 e. The fourth-order valence-electron chi connectivity index (χ4n) is 2.45. The molecule has 3 heteroatoms. The van der Waals surface area contributed by atoms with Crippen LogP contribution in [0.1, 0.15) is 24.5 Å². The van der Waals surface area contributed by atoms with Crippen LogP contribution >= 0.6 is 0 Å². The first-order chi connectivity index (χ1) is 9.29. The molecule has 0 aromatic heterocycles. The first-order valence-corrected chi connectivity index (χ1v) is 7.43. The van der Waals surface area contributed by atoms with E-state index in [0.29, 0.717) is 0 Å². The van der Waals surface area contributed by atoms with E-state index in [1.807, 2.05) is 0 Å². The molecule has 106 valence electrons. The second kappa shape index (κ2) is 7.51. The van der Waals surface area contributed by atoms with E-state index in [9.17, 15) is 0 Å². The minimum absolute atomic E-state index is 0.875. The highest BCUT2D eigenvalue weighted by Crippen LogP contribution is 2.25. The lowest BCUT2D eigenvalue weighted by Crippen LogP contribution is -2.30. The molecule has 1 N–H and O–H groups in total. The van der Waals surface area contributed by atoms with Crippen LogP contribution in [0.5, 0.6) is 5.75 Å². The van der Waals surface area contributed by atoms with Crippen molar-refractivity contribution in [2.24, 2.45) is 0 Å². The van der Waals surface area contributed by atoms with E-state index >= 15 is 0 Å². The Morgan fingerprint density at radius 1 is 1.32 bits per heavy atom. The van der Waals surface area contributed by atoms with Gasteiger partial charge in [-0.1, -0.05) is 19.1 Å². The number of hydrogen-bond donors (Lipinski definition) is 1. The Morgan fingerprint density at radius 2 is 2.21 bits per heavy atom. The predicted molar refractivity (Wildman–Crippen MR) is 80.0 cm³/mol. The smallest absolute Gasteiger partial charge is 0.122 e. The van der Waals surface area contributed by atoms with E-state index in [1.54, 1.807) is 0 Å². The molecule has 0 saturated heterocycles. The molecule has 0 atom stereocenters. The van der Waals surface area contributed by atoms with E-state index in [1.165, 1.54) is 17.5 Å². The molecule has 0 saturated carbocycles. The summed E-state index contributed by atoms with van der Waals surface area (Å²) in [6, 6.07) is 6.68. The number of rotatable bonds is 7. The van der Waals surface area contributed by atoms with Gasteiger partial charge in [0.05, 0.1) is 6.61 Å². The van der Waals surface area contributed by atoms with Gasteiger partial charge < -0.3 is 15.0 Å². The highest BCUT2D eigenvalue weighted by molar-refractivity contribution is 5.38. The number of nitrogens with one attached hydrogen (secondary N) is 1. The van der Waals surface area contributed by atoms with Gasteiger partial charge in [-0.25, -0.2) is 0 Å². The highest BCUT2D eigenvalue weighted by atomic mass is 16.5. The summed E-state index contributed by atoms with van der Waals surface area (Å²) < 4.78 is 5.65. The summed E-state index contributed by atoms with van der Waals surface area (Å²) >= 11 is 0. The summed E-state index contributed by atoms with van der Waals surface area (Å²) in [4.78, 5) is 2.39. The zero-order valence-corrected chi connectivity index (χ0v) is 12.2. The molecular formula is C16H26N2O. The molecule has 0 unspecified atom stereocenters. The normalized spacial score (nSPS) is 14.3. The van der Waals surface area contributed by atoms with E-state index in [2.05, 4.69) is 42.4 Å². The Hall–Kier alpha value is -1.06. The van der Waals surface area contributed by atoms with Gasteiger partial charge >= 0.3 is 0 Å². The van der Waals surface area contributed by atoms with Gasteiger partial charge in [0.25, 0.3) is 0 Å². The van der Waals surface area contributed by atoms with Crippen LogP contribution in [0.15, 0.2) is 18.2 Å². The molecule has 1 aromatic carbocycles. The van der Waals surface area contributed by atoms with Crippen molar-refractivity contribution >= 4 is 0 Å². The molecule has 0 fully saturated rings. The van der Waals surface area contributed by atoms with Crippen molar-refractivity contribution in [3.63, 3.8) is 0 Å². The summed E-state index contributed by atoms with van der Waals surface area (Å²) in [5.74, 6) is 1.09. The summed E-state index contributed by atoms with van der Waals surface area (Å²) in [5.41, 5.74) is 2.82. The van der Waals surface area contributed by atoms with Gasteiger partial charge in [0.15, 0.2) is 0 Å². The molecule has 1 aliphatic rings. The second-order valence-electron chi connectivity index (χ2n) is 5.30. The van der Waals surface area contributed by atoms with Crippen molar-refractivity contribution in [3.8, 4) is 5.75 Å². The fraction of sp³-hybridized carbons (Fsp3) is 0.625. The van der Waals surface area contributed by atoms with Crippen LogP contribution in [-0.4, -0.2) is 44.7 Å². The maximum Gasteiger partial charge on any atom is 0.122 e. The maximum atomic E-state index is 5.65. The number of nitrogens with zero attached hydrogens (tertiary/aromatic N) is 1. The quantitative estimate of drug-likeness (QED) is 0.762. The van der Waals surface area contributed by atoms with Gasteiger partial charge in [0, 0.05) is 19.6 Å². The molecule has 1 aliphatic heterocycles. The Morgan fingerprint density at radius 3 is 3.05 bits per heavy atom. The van der Waals surface area contributed by atoms with Crippen molar-refractivity contribution in [2.45, 2.75) is 26.2 Å². The zero-order chi connectivity index (χ0) is 13.5. The zero-order valence-electron chi connectivity index (χ0n) is 12.2. The lowest BCUT2D eigenvalue weighted by atomic mass is 10.0. The molecule has 2 rings (SSSR count). The van der Waals surface area contributed by atoms with E-state index in [-0.39, 0.29) is 0 Å². The molecule has 1 aromatic rings. The third-order valence-corrected chi connectivity index (χ3v) is 3.68. The summed E-state index contributed by atoms with van der Waals surface area (Å²) in [6.07, 6.45) is 3.44. The third-order valence-electron chi connectivity index (χ3n) is 3.68. The average Bonchev–Trinajstić information content (AvgIpc) is 2.45.